The summed E-state index contributed by atoms with van der Waals surface area (Å²) >= 11 is 0. The molecule has 0 saturated carbocycles. The van der Waals surface area contributed by atoms with Gasteiger partial charge in [0.1, 0.15) is 5.82 Å². The molecule has 0 saturated heterocycles. The number of aryl methyl sites for hydroxylation is 2. The molecule has 5 nitrogen and oxygen atoms in total. The van der Waals surface area contributed by atoms with Gasteiger partial charge in [-0.3, -0.25) is 9.52 Å². The first-order valence-corrected chi connectivity index (χ1v) is 9.77. The Labute approximate surface area is 151 Å². The molecule has 7 heteroatoms. The molecule has 0 aliphatic heterocycles. The predicted molar refractivity (Wildman–Crippen MR) is 102 cm³/mol. The van der Waals surface area contributed by atoms with E-state index < -0.39 is 15.8 Å². The van der Waals surface area contributed by atoms with Crippen molar-refractivity contribution in [2.24, 2.45) is 7.05 Å². The lowest BCUT2D eigenvalue weighted by Gasteiger charge is -2.14. The third kappa shape index (κ3) is 3.35. The largest absolute Gasteiger partial charge is 0.317 e. The van der Waals surface area contributed by atoms with Crippen LogP contribution in [0.25, 0.3) is 21.9 Å². The van der Waals surface area contributed by atoms with Crippen molar-refractivity contribution in [2.45, 2.75) is 13.8 Å². The molecule has 0 aliphatic carbocycles. The molecular formula is C19H19FN2O3S. The van der Waals surface area contributed by atoms with Crippen LogP contribution >= 0.6 is 0 Å². The second kappa shape index (κ2) is 6.57. The third-order valence-electron chi connectivity index (χ3n) is 4.33. The van der Waals surface area contributed by atoms with Crippen LogP contribution in [0.5, 0.6) is 0 Å². The summed E-state index contributed by atoms with van der Waals surface area (Å²) in [6.07, 6.45) is 1.64. The maximum Gasteiger partial charge on any atom is 0.258 e. The van der Waals surface area contributed by atoms with Gasteiger partial charge in [0.15, 0.2) is 0 Å². The van der Waals surface area contributed by atoms with Gasteiger partial charge in [-0.05, 0) is 60.7 Å². The summed E-state index contributed by atoms with van der Waals surface area (Å²) in [5, 5.41) is 0.900. The van der Waals surface area contributed by atoms with Crippen molar-refractivity contribution in [2.75, 3.05) is 10.5 Å². The second-order valence-electron chi connectivity index (χ2n) is 6.18. The molecule has 136 valence electrons. The van der Waals surface area contributed by atoms with Gasteiger partial charge < -0.3 is 4.57 Å². The van der Waals surface area contributed by atoms with Crippen LogP contribution in [0, 0.1) is 12.7 Å². The van der Waals surface area contributed by atoms with Crippen molar-refractivity contribution >= 4 is 26.5 Å². The summed E-state index contributed by atoms with van der Waals surface area (Å²) in [6, 6.07) is 9.22. The quantitative estimate of drug-likeness (QED) is 0.761. The van der Waals surface area contributed by atoms with Crippen LogP contribution in [0.2, 0.25) is 0 Å². The van der Waals surface area contributed by atoms with E-state index in [1.807, 2.05) is 6.92 Å². The van der Waals surface area contributed by atoms with Crippen molar-refractivity contribution in [1.29, 1.82) is 0 Å². The van der Waals surface area contributed by atoms with E-state index in [-0.39, 0.29) is 11.3 Å². The summed E-state index contributed by atoms with van der Waals surface area (Å²) in [5.74, 6) is -0.475. The molecule has 1 N–H and O–H groups in total. The van der Waals surface area contributed by atoms with Crippen LogP contribution in [0.1, 0.15) is 12.5 Å². The first kappa shape index (κ1) is 18.1. The molecule has 3 rings (SSSR count). The number of hydrogen-bond donors (Lipinski definition) is 1. The molecule has 26 heavy (non-hydrogen) atoms. The fourth-order valence-electron chi connectivity index (χ4n) is 2.88. The maximum absolute atomic E-state index is 13.8. The normalized spacial score (nSPS) is 11.7. The zero-order chi connectivity index (χ0) is 19.1. The van der Waals surface area contributed by atoms with Crippen molar-refractivity contribution in [3.8, 4) is 11.1 Å². The number of fused-ring (bicyclic) bond motifs is 1. The summed E-state index contributed by atoms with van der Waals surface area (Å²) in [4.78, 5) is 12.4. The number of pyridine rings is 1. The minimum atomic E-state index is -3.41. The van der Waals surface area contributed by atoms with Gasteiger partial charge in [-0.25, -0.2) is 12.8 Å². The Morgan fingerprint density at radius 1 is 1.08 bits per heavy atom. The monoisotopic (exact) mass is 374 g/mol. The van der Waals surface area contributed by atoms with E-state index in [1.54, 1.807) is 38.4 Å². The van der Waals surface area contributed by atoms with Crippen LogP contribution in [0.4, 0.5) is 10.1 Å². The molecule has 0 bridgehead atoms. The number of nitrogens with zero attached hydrogens (tertiary/aromatic N) is 1. The van der Waals surface area contributed by atoms with Gasteiger partial charge >= 0.3 is 0 Å². The molecule has 1 aromatic heterocycles. The van der Waals surface area contributed by atoms with E-state index in [0.717, 1.165) is 11.1 Å². The van der Waals surface area contributed by atoms with Crippen LogP contribution in [0.15, 0.2) is 47.4 Å². The molecule has 3 aromatic rings. The molecule has 0 amide bonds. The van der Waals surface area contributed by atoms with E-state index >= 15 is 0 Å². The van der Waals surface area contributed by atoms with E-state index in [4.69, 9.17) is 0 Å². The van der Waals surface area contributed by atoms with Gasteiger partial charge in [0.05, 0.1) is 5.75 Å². The first-order valence-electron chi connectivity index (χ1n) is 8.12. The third-order valence-corrected chi connectivity index (χ3v) is 5.63. The van der Waals surface area contributed by atoms with Crippen molar-refractivity contribution in [3.63, 3.8) is 0 Å². The lowest BCUT2D eigenvalue weighted by atomic mass is 9.96. The van der Waals surface area contributed by atoms with Crippen molar-refractivity contribution in [1.82, 2.24) is 4.57 Å². The number of halogens is 1. The number of benzene rings is 2. The van der Waals surface area contributed by atoms with Crippen molar-refractivity contribution < 1.29 is 12.8 Å². The van der Waals surface area contributed by atoms with E-state index in [9.17, 15) is 17.6 Å². The van der Waals surface area contributed by atoms with Gasteiger partial charge in [0.25, 0.3) is 5.56 Å². The fraction of sp³-hybridized carbons (Fsp3) is 0.211. The number of aromatic nitrogens is 1. The van der Waals surface area contributed by atoms with Crippen LogP contribution in [0.3, 0.4) is 0 Å². The highest BCUT2D eigenvalue weighted by Gasteiger charge is 2.14. The minimum absolute atomic E-state index is 0.0375. The standard InChI is InChI=1S/C19H19FN2O3S/c1-4-26(24,25)21-14-7-5-12(2)16(10-14)18-11-22(3)19(23)15-8-6-13(20)9-17(15)18/h5-11,21H,4H2,1-3H3. The molecule has 2 aromatic carbocycles. The Bertz CT molecular complexity index is 1170. The first-order chi connectivity index (χ1) is 12.2. The van der Waals surface area contributed by atoms with Gasteiger partial charge in [0, 0.05) is 29.9 Å². The number of anilines is 1. The minimum Gasteiger partial charge on any atom is -0.317 e. The van der Waals surface area contributed by atoms with Gasteiger partial charge in [-0.2, -0.15) is 0 Å². The molecule has 0 radical (unpaired) electrons. The highest BCUT2D eigenvalue weighted by molar-refractivity contribution is 7.92. The predicted octanol–water partition coefficient (Wildman–Crippen LogP) is 3.41. The zero-order valence-corrected chi connectivity index (χ0v) is 15.5. The van der Waals surface area contributed by atoms with E-state index in [2.05, 4.69) is 4.72 Å². The highest BCUT2D eigenvalue weighted by atomic mass is 32.2. The lowest BCUT2D eigenvalue weighted by Crippen LogP contribution is -2.17. The topological polar surface area (TPSA) is 68.2 Å². The zero-order valence-electron chi connectivity index (χ0n) is 14.7. The number of rotatable bonds is 4. The summed E-state index contributed by atoms with van der Waals surface area (Å²) in [7, 11) is -1.78. The van der Waals surface area contributed by atoms with Gasteiger partial charge in [-0.1, -0.05) is 6.07 Å². The summed E-state index contributed by atoms with van der Waals surface area (Å²) in [5.41, 5.74) is 2.48. The van der Waals surface area contributed by atoms with Crippen LogP contribution < -0.4 is 10.3 Å². The lowest BCUT2D eigenvalue weighted by molar-refractivity contribution is 0.602. The van der Waals surface area contributed by atoms with E-state index in [0.29, 0.717) is 22.0 Å². The Hall–Kier alpha value is -2.67. The average Bonchev–Trinajstić information content (AvgIpc) is 2.59. The second-order valence-corrected chi connectivity index (χ2v) is 8.19. The Morgan fingerprint density at radius 3 is 2.50 bits per heavy atom. The molecule has 0 fully saturated rings. The number of nitrogens with one attached hydrogen (secondary N) is 1. The smallest absolute Gasteiger partial charge is 0.258 e. The highest BCUT2D eigenvalue weighted by Crippen LogP contribution is 2.32. The SMILES string of the molecule is CCS(=O)(=O)Nc1ccc(C)c(-c2cn(C)c(=O)c3ccc(F)cc23)c1. The van der Waals surface area contributed by atoms with Crippen LogP contribution in [-0.2, 0) is 17.1 Å². The molecule has 0 aliphatic rings. The Morgan fingerprint density at radius 2 is 1.81 bits per heavy atom. The summed E-state index contributed by atoms with van der Waals surface area (Å²) < 4.78 is 41.5. The van der Waals surface area contributed by atoms with Gasteiger partial charge in [0.2, 0.25) is 10.0 Å². The molecule has 0 spiro atoms. The van der Waals surface area contributed by atoms with E-state index in [1.165, 1.54) is 22.8 Å². The maximum atomic E-state index is 13.8. The van der Waals surface area contributed by atoms with Crippen LogP contribution in [-0.4, -0.2) is 18.7 Å². The molecule has 0 atom stereocenters. The average molecular weight is 374 g/mol. The number of hydrogen-bond acceptors (Lipinski definition) is 3. The Balaban J connectivity index is 2.28. The molecular weight excluding hydrogens is 355 g/mol. The summed E-state index contributed by atoms with van der Waals surface area (Å²) in [6.45, 7) is 3.43. The van der Waals surface area contributed by atoms with Gasteiger partial charge in [-0.15, -0.1) is 0 Å². The Kier molecular flexibility index (Phi) is 4.58. The fourth-order valence-corrected chi connectivity index (χ4v) is 3.51. The number of sulfonamides is 1. The van der Waals surface area contributed by atoms with Crippen molar-refractivity contribution in [3.05, 3.63) is 64.3 Å². The molecule has 1 heterocycles. The molecule has 0 unspecified atom stereocenters.